The molecule has 0 aliphatic carbocycles. The summed E-state index contributed by atoms with van der Waals surface area (Å²) in [6.45, 7) is 0. The molecule has 0 aliphatic rings. The Morgan fingerprint density at radius 1 is 1.09 bits per heavy atom. The molecule has 0 unspecified atom stereocenters. The molecular weight excluding hydrogens is 302 g/mol. The predicted octanol–water partition coefficient (Wildman–Crippen LogP) is 2.28. The highest BCUT2D eigenvalue weighted by Crippen LogP contribution is 2.21. The molecule has 0 atom stereocenters. The Hall–Kier alpha value is -2.34. The largest absolute Gasteiger partial charge is 0.497 e. The second kappa shape index (κ2) is 6.62. The van der Waals surface area contributed by atoms with Crippen molar-refractivity contribution in [2.24, 2.45) is 0 Å². The van der Waals surface area contributed by atoms with Crippen molar-refractivity contribution in [3.8, 4) is 5.75 Å². The minimum absolute atomic E-state index is 0.109. The Bertz CT molecular complexity index is 767. The lowest BCUT2D eigenvalue weighted by Gasteiger charge is -2.10. The number of rotatable bonds is 5. The number of hydrogen-bond donors (Lipinski definition) is 1. The van der Waals surface area contributed by atoms with Crippen molar-refractivity contribution in [3.05, 3.63) is 54.1 Å². The summed E-state index contributed by atoms with van der Waals surface area (Å²) in [6, 6.07) is 13.5. The number of anilines is 1. The maximum absolute atomic E-state index is 12.1. The molecule has 0 heterocycles. The van der Waals surface area contributed by atoms with Gasteiger partial charge >= 0.3 is 0 Å². The third kappa shape index (κ3) is 4.08. The van der Waals surface area contributed by atoms with Gasteiger partial charge in [0.2, 0.25) is 5.91 Å². The second-order valence-electron chi connectivity index (χ2n) is 4.84. The summed E-state index contributed by atoms with van der Waals surface area (Å²) in [4.78, 5) is 12.2. The quantitative estimate of drug-likeness (QED) is 0.917. The Labute approximate surface area is 129 Å². The SMILES string of the molecule is COc1ccc(CC(=O)Nc2ccccc2S(C)(=O)=O)cc1. The van der Waals surface area contributed by atoms with E-state index in [1.54, 1.807) is 49.6 Å². The summed E-state index contributed by atoms with van der Waals surface area (Å²) in [7, 11) is -1.82. The highest BCUT2D eigenvalue weighted by molar-refractivity contribution is 7.90. The number of amides is 1. The summed E-state index contributed by atoms with van der Waals surface area (Å²) in [6.07, 6.45) is 1.27. The maximum Gasteiger partial charge on any atom is 0.228 e. The van der Waals surface area contributed by atoms with E-state index in [0.717, 1.165) is 11.8 Å². The summed E-state index contributed by atoms with van der Waals surface area (Å²) >= 11 is 0. The van der Waals surface area contributed by atoms with Gasteiger partial charge in [-0.05, 0) is 29.8 Å². The number of sulfone groups is 1. The van der Waals surface area contributed by atoms with Crippen LogP contribution in [0.25, 0.3) is 0 Å². The van der Waals surface area contributed by atoms with Crippen molar-refractivity contribution in [2.45, 2.75) is 11.3 Å². The van der Waals surface area contributed by atoms with Crippen molar-refractivity contribution >= 4 is 21.4 Å². The molecule has 22 heavy (non-hydrogen) atoms. The van der Waals surface area contributed by atoms with Crippen molar-refractivity contribution in [1.82, 2.24) is 0 Å². The molecule has 2 aromatic rings. The van der Waals surface area contributed by atoms with Gasteiger partial charge < -0.3 is 10.1 Å². The standard InChI is InChI=1S/C16H17NO4S/c1-21-13-9-7-12(8-10-13)11-16(18)17-14-5-3-4-6-15(14)22(2,19)20/h3-10H,11H2,1-2H3,(H,17,18). The third-order valence-electron chi connectivity index (χ3n) is 3.08. The number of carbonyl (C=O) groups excluding carboxylic acids is 1. The molecule has 0 aromatic heterocycles. The van der Waals surface area contributed by atoms with Crippen LogP contribution in [0.4, 0.5) is 5.69 Å². The van der Waals surface area contributed by atoms with Crippen molar-refractivity contribution in [2.75, 3.05) is 18.7 Å². The van der Waals surface area contributed by atoms with Gasteiger partial charge in [0.25, 0.3) is 0 Å². The molecule has 0 saturated carbocycles. The van der Waals surface area contributed by atoms with Gasteiger partial charge in [0.05, 0.1) is 24.1 Å². The first kappa shape index (κ1) is 16.0. The number of carbonyl (C=O) groups is 1. The van der Waals surface area contributed by atoms with Crippen LogP contribution in [0.3, 0.4) is 0 Å². The van der Waals surface area contributed by atoms with Gasteiger partial charge in [-0.2, -0.15) is 0 Å². The van der Waals surface area contributed by atoms with E-state index in [4.69, 9.17) is 4.74 Å². The number of ether oxygens (including phenoxy) is 1. The topological polar surface area (TPSA) is 72.5 Å². The van der Waals surface area contributed by atoms with Gasteiger partial charge in [-0.3, -0.25) is 4.79 Å². The smallest absolute Gasteiger partial charge is 0.228 e. The first-order chi connectivity index (χ1) is 10.4. The molecule has 5 nitrogen and oxygen atoms in total. The van der Waals surface area contributed by atoms with E-state index in [0.29, 0.717) is 11.4 Å². The van der Waals surface area contributed by atoms with Gasteiger partial charge in [0.15, 0.2) is 9.84 Å². The molecular formula is C16H17NO4S. The van der Waals surface area contributed by atoms with E-state index >= 15 is 0 Å². The van der Waals surface area contributed by atoms with Crippen molar-refractivity contribution in [3.63, 3.8) is 0 Å². The fraction of sp³-hybridized carbons (Fsp3) is 0.188. The van der Waals surface area contributed by atoms with E-state index in [1.165, 1.54) is 6.07 Å². The monoisotopic (exact) mass is 319 g/mol. The summed E-state index contributed by atoms with van der Waals surface area (Å²) in [5, 5.41) is 2.64. The summed E-state index contributed by atoms with van der Waals surface area (Å²) in [5.41, 5.74) is 1.11. The van der Waals surface area contributed by atoms with Crippen LogP contribution in [-0.2, 0) is 21.1 Å². The summed E-state index contributed by atoms with van der Waals surface area (Å²) in [5.74, 6) is 0.438. The van der Waals surface area contributed by atoms with Gasteiger partial charge in [-0.1, -0.05) is 24.3 Å². The maximum atomic E-state index is 12.1. The first-order valence-electron chi connectivity index (χ1n) is 6.62. The van der Waals surface area contributed by atoms with Crippen LogP contribution in [0.15, 0.2) is 53.4 Å². The van der Waals surface area contributed by atoms with Crippen LogP contribution in [0, 0.1) is 0 Å². The van der Waals surface area contributed by atoms with Crippen molar-refractivity contribution < 1.29 is 17.9 Å². The van der Waals surface area contributed by atoms with Crippen molar-refractivity contribution in [1.29, 1.82) is 0 Å². The van der Waals surface area contributed by atoms with E-state index < -0.39 is 9.84 Å². The number of methoxy groups -OCH3 is 1. The molecule has 0 fully saturated rings. The fourth-order valence-electron chi connectivity index (χ4n) is 2.02. The van der Waals surface area contributed by atoms with E-state index in [9.17, 15) is 13.2 Å². The molecule has 1 N–H and O–H groups in total. The molecule has 2 aromatic carbocycles. The second-order valence-corrected chi connectivity index (χ2v) is 6.83. The number of hydrogen-bond acceptors (Lipinski definition) is 4. The Balaban J connectivity index is 2.12. The van der Waals surface area contributed by atoms with E-state index in [-0.39, 0.29) is 17.2 Å². The predicted molar refractivity (Wildman–Crippen MR) is 84.9 cm³/mol. The minimum Gasteiger partial charge on any atom is -0.497 e. The molecule has 1 amide bonds. The van der Waals surface area contributed by atoms with E-state index in [1.807, 2.05) is 0 Å². The lowest BCUT2D eigenvalue weighted by atomic mass is 10.1. The number of nitrogens with one attached hydrogen (secondary N) is 1. The fourth-order valence-corrected chi connectivity index (χ4v) is 2.86. The summed E-state index contributed by atoms with van der Waals surface area (Å²) < 4.78 is 28.5. The third-order valence-corrected chi connectivity index (χ3v) is 4.24. The number of benzene rings is 2. The van der Waals surface area contributed by atoms with Crippen LogP contribution in [0.5, 0.6) is 5.75 Å². The van der Waals surface area contributed by atoms with Crippen LogP contribution >= 0.6 is 0 Å². The molecule has 116 valence electrons. The Morgan fingerprint density at radius 2 is 1.73 bits per heavy atom. The van der Waals surface area contributed by atoms with E-state index in [2.05, 4.69) is 5.32 Å². The van der Waals surface area contributed by atoms with Crippen LogP contribution in [-0.4, -0.2) is 27.7 Å². The number of para-hydroxylation sites is 1. The van der Waals surface area contributed by atoms with Gasteiger partial charge in [-0.15, -0.1) is 0 Å². The van der Waals surface area contributed by atoms with Crippen LogP contribution in [0.2, 0.25) is 0 Å². The van der Waals surface area contributed by atoms with Gasteiger partial charge in [-0.25, -0.2) is 8.42 Å². The Kier molecular flexibility index (Phi) is 4.82. The molecule has 0 aliphatic heterocycles. The normalized spacial score (nSPS) is 11.0. The zero-order valence-corrected chi connectivity index (χ0v) is 13.2. The average molecular weight is 319 g/mol. The zero-order chi connectivity index (χ0) is 16.2. The highest BCUT2D eigenvalue weighted by Gasteiger charge is 2.14. The average Bonchev–Trinajstić information content (AvgIpc) is 2.47. The molecule has 6 heteroatoms. The van der Waals surface area contributed by atoms with Gasteiger partial charge in [0, 0.05) is 6.26 Å². The molecule has 0 bridgehead atoms. The lowest BCUT2D eigenvalue weighted by molar-refractivity contribution is -0.115. The zero-order valence-electron chi connectivity index (χ0n) is 12.4. The highest BCUT2D eigenvalue weighted by atomic mass is 32.2. The molecule has 2 rings (SSSR count). The minimum atomic E-state index is -3.39. The van der Waals surface area contributed by atoms with Crippen LogP contribution in [0.1, 0.15) is 5.56 Å². The van der Waals surface area contributed by atoms with Crippen LogP contribution < -0.4 is 10.1 Å². The Morgan fingerprint density at radius 3 is 2.32 bits per heavy atom. The molecule has 0 saturated heterocycles. The molecule has 0 radical (unpaired) electrons. The first-order valence-corrected chi connectivity index (χ1v) is 8.51. The lowest BCUT2D eigenvalue weighted by Crippen LogP contribution is -2.16. The van der Waals surface area contributed by atoms with Gasteiger partial charge in [0.1, 0.15) is 5.75 Å². The molecule has 0 spiro atoms.